The van der Waals surface area contributed by atoms with E-state index in [9.17, 15) is 0 Å². The van der Waals surface area contributed by atoms with Crippen LogP contribution in [-0.2, 0) is 0 Å². The summed E-state index contributed by atoms with van der Waals surface area (Å²) in [5, 5.41) is 0. The van der Waals surface area contributed by atoms with Crippen LogP contribution in [0.2, 0.25) is 0 Å². The van der Waals surface area contributed by atoms with Crippen LogP contribution in [0.5, 0.6) is 0 Å². The van der Waals surface area contributed by atoms with Gasteiger partial charge in [-0.25, -0.2) is 0 Å². The Morgan fingerprint density at radius 2 is 1.76 bits per heavy atom. The molecule has 0 atom stereocenters. The number of benzene rings is 1. The second kappa shape index (κ2) is 5.24. The molecule has 0 aliphatic carbocycles. The van der Waals surface area contributed by atoms with Crippen LogP contribution >= 0.6 is 12.2 Å². The summed E-state index contributed by atoms with van der Waals surface area (Å²) in [5.41, 5.74) is 8.04. The van der Waals surface area contributed by atoms with Crippen molar-refractivity contribution < 1.29 is 0 Å². The maximum atomic E-state index is 5.53. The van der Waals surface area contributed by atoms with E-state index in [4.69, 9.17) is 18.0 Å². The fourth-order valence-corrected chi connectivity index (χ4v) is 1.42. The molecular formula is C14H10N2S. The smallest absolute Gasteiger partial charge is 0.105 e. The highest BCUT2D eigenvalue weighted by atomic mass is 32.1. The third kappa shape index (κ3) is 3.13. The van der Waals surface area contributed by atoms with Crippen molar-refractivity contribution in [3.05, 3.63) is 65.5 Å². The largest absolute Gasteiger partial charge is 0.389 e. The topological polar surface area (TPSA) is 38.9 Å². The van der Waals surface area contributed by atoms with E-state index in [1.807, 2.05) is 36.4 Å². The lowest BCUT2D eigenvalue weighted by Gasteiger charge is -1.96. The SMILES string of the molecule is NC(=S)c1cncc(C#Cc2ccccc2)c1. The quantitative estimate of drug-likeness (QED) is 0.611. The highest BCUT2D eigenvalue weighted by Crippen LogP contribution is 2.02. The molecule has 82 valence electrons. The zero-order valence-electron chi connectivity index (χ0n) is 9.05. The van der Waals surface area contributed by atoms with Crippen LogP contribution in [0.4, 0.5) is 0 Å². The molecule has 1 heterocycles. The van der Waals surface area contributed by atoms with Crippen molar-refractivity contribution in [1.82, 2.24) is 4.98 Å². The highest BCUT2D eigenvalue weighted by molar-refractivity contribution is 7.80. The molecule has 3 heteroatoms. The van der Waals surface area contributed by atoms with Crippen LogP contribution in [0.1, 0.15) is 16.7 Å². The molecule has 0 fully saturated rings. The van der Waals surface area contributed by atoms with Crippen molar-refractivity contribution in [2.24, 2.45) is 5.73 Å². The number of hydrogen-bond donors (Lipinski definition) is 1. The molecule has 2 N–H and O–H groups in total. The third-order valence-corrected chi connectivity index (χ3v) is 2.38. The Bertz CT molecular complexity index is 594. The van der Waals surface area contributed by atoms with Gasteiger partial charge in [0.15, 0.2) is 0 Å². The van der Waals surface area contributed by atoms with Crippen LogP contribution in [-0.4, -0.2) is 9.97 Å². The van der Waals surface area contributed by atoms with Crippen LogP contribution in [0.3, 0.4) is 0 Å². The van der Waals surface area contributed by atoms with Gasteiger partial charge in [0, 0.05) is 29.1 Å². The number of nitrogens with zero attached hydrogens (tertiary/aromatic N) is 1. The first kappa shape index (κ1) is 11.3. The van der Waals surface area contributed by atoms with Gasteiger partial charge in [-0.3, -0.25) is 4.98 Å². The molecule has 2 rings (SSSR count). The van der Waals surface area contributed by atoms with Gasteiger partial charge in [0.25, 0.3) is 0 Å². The van der Waals surface area contributed by atoms with Crippen molar-refractivity contribution in [2.45, 2.75) is 0 Å². The molecule has 17 heavy (non-hydrogen) atoms. The van der Waals surface area contributed by atoms with Gasteiger partial charge >= 0.3 is 0 Å². The van der Waals surface area contributed by atoms with Crippen molar-refractivity contribution in [3.8, 4) is 11.8 Å². The molecule has 2 aromatic rings. The Morgan fingerprint density at radius 3 is 2.47 bits per heavy atom. The summed E-state index contributed by atoms with van der Waals surface area (Å²) in [4.78, 5) is 4.38. The van der Waals surface area contributed by atoms with Crippen LogP contribution in [0.15, 0.2) is 48.8 Å². The summed E-state index contributed by atoms with van der Waals surface area (Å²) < 4.78 is 0. The molecule has 0 spiro atoms. The Kier molecular flexibility index (Phi) is 3.49. The summed E-state index contributed by atoms with van der Waals surface area (Å²) >= 11 is 4.89. The lowest BCUT2D eigenvalue weighted by Crippen LogP contribution is -2.09. The molecule has 0 aliphatic heterocycles. The molecule has 0 radical (unpaired) electrons. The average molecular weight is 238 g/mol. The molecule has 1 aromatic carbocycles. The number of aromatic nitrogens is 1. The number of thiocarbonyl (C=S) groups is 1. The van der Waals surface area contributed by atoms with E-state index in [2.05, 4.69) is 16.8 Å². The maximum absolute atomic E-state index is 5.53. The Balaban J connectivity index is 2.28. The fourth-order valence-electron chi connectivity index (χ4n) is 1.31. The second-order valence-electron chi connectivity index (χ2n) is 3.44. The standard InChI is InChI=1S/C14H10N2S/c15-14(17)13-8-12(9-16-10-13)7-6-11-4-2-1-3-5-11/h1-5,8-10H,(H2,15,17). The van der Waals surface area contributed by atoms with Gasteiger partial charge in [0.1, 0.15) is 4.99 Å². The summed E-state index contributed by atoms with van der Waals surface area (Å²) in [7, 11) is 0. The van der Waals surface area contributed by atoms with Crippen LogP contribution in [0, 0.1) is 11.8 Å². The first-order chi connectivity index (χ1) is 8.25. The Labute approximate surface area is 106 Å². The number of hydrogen-bond acceptors (Lipinski definition) is 2. The molecule has 1 aromatic heterocycles. The minimum Gasteiger partial charge on any atom is -0.389 e. The highest BCUT2D eigenvalue weighted by Gasteiger charge is 1.96. The van der Waals surface area contributed by atoms with Crippen molar-refractivity contribution >= 4 is 17.2 Å². The second-order valence-corrected chi connectivity index (χ2v) is 3.88. The lowest BCUT2D eigenvalue weighted by molar-refractivity contribution is 1.30. The minimum absolute atomic E-state index is 0.334. The summed E-state index contributed by atoms with van der Waals surface area (Å²) in [6, 6.07) is 11.6. The summed E-state index contributed by atoms with van der Waals surface area (Å²) in [6.45, 7) is 0. The number of nitrogens with two attached hydrogens (primary N) is 1. The molecule has 2 nitrogen and oxygen atoms in total. The first-order valence-electron chi connectivity index (χ1n) is 5.07. The Morgan fingerprint density at radius 1 is 1.06 bits per heavy atom. The van der Waals surface area contributed by atoms with Crippen molar-refractivity contribution in [3.63, 3.8) is 0 Å². The molecule has 0 aliphatic rings. The van der Waals surface area contributed by atoms with Gasteiger partial charge in [-0.2, -0.15) is 0 Å². The monoisotopic (exact) mass is 238 g/mol. The van der Waals surface area contributed by atoms with Crippen molar-refractivity contribution in [2.75, 3.05) is 0 Å². The third-order valence-electron chi connectivity index (χ3n) is 2.15. The zero-order chi connectivity index (χ0) is 12.1. The zero-order valence-corrected chi connectivity index (χ0v) is 9.87. The minimum atomic E-state index is 0.334. The lowest BCUT2D eigenvalue weighted by atomic mass is 10.2. The number of rotatable bonds is 1. The van der Waals surface area contributed by atoms with Gasteiger partial charge in [-0.1, -0.05) is 42.3 Å². The van der Waals surface area contributed by atoms with Gasteiger partial charge < -0.3 is 5.73 Å². The van der Waals surface area contributed by atoms with E-state index < -0.39 is 0 Å². The molecule has 0 amide bonds. The van der Waals surface area contributed by atoms with E-state index in [1.54, 1.807) is 12.4 Å². The average Bonchev–Trinajstić information content (AvgIpc) is 2.38. The predicted molar refractivity (Wildman–Crippen MR) is 72.5 cm³/mol. The summed E-state index contributed by atoms with van der Waals surface area (Å²) in [5.74, 6) is 6.08. The summed E-state index contributed by atoms with van der Waals surface area (Å²) in [6.07, 6.45) is 3.33. The van der Waals surface area contributed by atoms with Crippen LogP contribution in [0.25, 0.3) is 0 Å². The molecular weight excluding hydrogens is 228 g/mol. The van der Waals surface area contributed by atoms with E-state index >= 15 is 0 Å². The van der Waals surface area contributed by atoms with E-state index in [1.165, 1.54) is 0 Å². The molecule has 0 bridgehead atoms. The normalized spacial score (nSPS) is 9.18. The van der Waals surface area contributed by atoms with Crippen molar-refractivity contribution in [1.29, 1.82) is 0 Å². The fraction of sp³-hybridized carbons (Fsp3) is 0. The number of pyridine rings is 1. The predicted octanol–water partition coefficient (Wildman–Crippen LogP) is 2.12. The van der Waals surface area contributed by atoms with E-state index in [0.717, 1.165) is 16.7 Å². The first-order valence-corrected chi connectivity index (χ1v) is 5.48. The van der Waals surface area contributed by atoms with Gasteiger partial charge in [0.05, 0.1) is 0 Å². The van der Waals surface area contributed by atoms with E-state index in [-0.39, 0.29) is 0 Å². The van der Waals surface area contributed by atoms with Gasteiger partial charge in [-0.15, -0.1) is 0 Å². The molecule has 0 unspecified atom stereocenters. The van der Waals surface area contributed by atoms with Crippen LogP contribution < -0.4 is 5.73 Å². The van der Waals surface area contributed by atoms with E-state index in [0.29, 0.717) is 4.99 Å². The van der Waals surface area contributed by atoms with Gasteiger partial charge in [0.2, 0.25) is 0 Å². The molecule has 0 saturated carbocycles. The molecule has 0 saturated heterocycles. The Hall–Kier alpha value is -2.18. The maximum Gasteiger partial charge on any atom is 0.105 e. The van der Waals surface area contributed by atoms with Gasteiger partial charge in [-0.05, 0) is 18.2 Å².